The number of hydrogen-bond donors (Lipinski definition) is 2. The van der Waals surface area contributed by atoms with E-state index >= 15 is 0 Å². The summed E-state index contributed by atoms with van der Waals surface area (Å²) in [5, 5.41) is 21.4. The van der Waals surface area contributed by atoms with Crippen molar-refractivity contribution in [3.8, 4) is 5.88 Å². The first kappa shape index (κ1) is 19.2. The number of anilines is 1. The van der Waals surface area contributed by atoms with Crippen LogP contribution in [0.2, 0.25) is 0 Å². The average molecular weight is 410 g/mol. The van der Waals surface area contributed by atoms with Crippen LogP contribution in [-0.4, -0.2) is 16.0 Å². The summed E-state index contributed by atoms with van der Waals surface area (Å²) in [4.78, 5) is 16.5. The fourth-order valence-electron chi connectivity index (χ4n) is 3.36. The fourth-order valence-corrected chi connectivity index (χ4v) is 4.14. The van der Waals surface area contributed by atoms with E-state index in [1.165, 1.54) is 23.3 Å². The lowest BCUT2D eigenvalue weighted by Gasteiger charge is -2.20. The summed E-state index contributed by atoms with van der Waals surface area (Å²) >= 11 is 1.10. The first-order valence-corrected chi connectivity index (χ1v) is 10.1. The van der Waals surface area contributed by atoms with Gasteiger partial charge in [-0.25, -0.2) is 4.39 Å². The topological polar surface area (TPSA) is 86.9 Å². The van der Waals surface area contributed by atoms with E-state index in [-0.39, 0.29) is 24.0 Å². The predicted octanol–water partition coefficient (Wildman–Crippen LogP) is 5.33. The first-order valence-electron chi connectivity index (χ1n) is 9.32. The number of nitrogens with zero attached hydrogens (tertiary/aromatic N) is 3. The van der Waals surface area contributed by atoms with Crippen LogP contribution in [-0.2, 0) is 17.6 Å². The van der Waals surface area contributed by atoms with Crippen molar-refractivity contribution in [1.29, 1.82) is 0 Å². The predicted molar refractivity (Wildman–Crippen MR) is 109 cm³/mol. The van der Waals surface area contributed by atoms with Gasteiger partial charge in [0.15, 0.2) is 0 Å². The number of nitrogens with one attached hydrogen (secondary N) is 1. The third-order valence-corrected chi connectivity index (χ3v) is 5.68. The van der Waals surface area contributed by atoms with Crippen LogP contribution in [0.15, 0.2) is 58.8 Å². The number of para-hydroxylation sites is 1. The smallest absolute Gasteiger partial charge is 0.233 e. The maximum Gasteiger partial charge on any atom is 0.233 e. The third kappa shape index (κ3) is 4.48. The molecule has 1 aromatic heterocycles. The van der Waals surface area contributed by atoms with Crippen molar-refractivity contribution in [2.75, 3.05) is 5.32 Å². The minimum absolute atomic E-state index is 0.0289. The molecule has 0 spiro atoms. The molecular weight excluding hydrogens is 391 g/mol. The van der Waals surface area contributed by atoms with E-state index in [1.54, 1.807) is 12.1 Å². The number of aryl methyl sites for hydroxylation is 1. The van der Waals surface area contributed by atoms with Gasteiger partial charge in [0.1, 0.15) is 5.82 Å². The second kappa shape index (κ2) is 8.48. The number of thiazole rings is 1. The number of carbonyl (C=O) groups is 1. The SMILES string of the molecule is O=C(Cc1sc(N=NC2CCCc3ccccc32)nc1O)Nc1ccccc1F. The Labute approximate surface area is 171 Å². The Morgan fingerprint density at radius 2 is 2.03 bits per heavy atom. The van der Waals surface area contributed by atoms with Crippen LogP contribution < -0.4 is 5.32 Å². The lowest BCUT2D eigenvalue weighted by atomic mass is 9.88. The lowest BCUT2D eigenvalue weighted by molar-refractivity contribution is -0.115. The molecule has 1 amide bonds. The molecular formula is C21H19FN4O2S. The molecule has 3 aromatic rings. The van der Waals surface area contributed by atoms with E-state index in [2.05, 4.69) is 32.7 Å². The molecule has 0 fully saturated rings. The average Bonchev–Trinajstić information content (AvgIpc) is 3.07. The molecule has 2 aromatic carbocycles. The van der Waals surface area contributed by atoms with Gasteiger partial charge in [-0.2, -0.15) is 10.1 Å². The minimum Gasteiger partial charge on any atom is -0.492 e. The van der Waals surface area contributed by atoms with Crippen molar-refractivity contribution < 1.29 is 14.3 Å². The zero-order valence-electron chi connectivity index (χ0n) is 15.5. The summed E-state index contributed by atoms with van der Waals surface area (Å²) in [6.07, 6.45) is 2.88. The highest BCUT2D eigenvalue weighted by Crippen LogP contribution is 2.35. The molecule has 6 nitrogen and oxygen atoms in total. The molecule has 0 aliphatic heterocycles. The molecule has 1 atom stereocenters. The number of carbonyl (C=O) groups excluding carboxylic acids is 1. The maximum absolute atomic E-state index is 13.7. The number of rotatable bonds is 5. The second-order valence-corrected chi connectivity index (χ2v) is 7.83. The van der Waals surface area contributed by atoms with E-state index in [1.807, 2.05) is 12.1 Å². The minimum atomic E-state index is -0.517. The van der Waals surface area contributed by atoms with E-state index in [0.717, 1.165) is 30.6 Å². The normalized spacial score (nSPS) is 16.0. The third-order valence-electron chi connectivity index (χ3n) is 4.75. The van der Waals surface area contributed by atoms with Gasteiger partial charge in [-0.1, -0.05) is 47.7 Å². The summed E-state index contributed by atoms with van der Waals surface area (Å²) in [6.45, 7) is 0. The maximum atomic E-state index is 13.7. The van der Waals surface area contributed by atoms with Crippen molar-refractivity contribution in [1.82, 2.24) is 4.98 Å². The van der Waals surface area contributed by atoms with E-state index in [0.29, 0.717) is 10.0 Å². The van der Waals surface area contributed by atoms with Crippen LogP contribution in [0.25, 0.3) is 0 Å². The van der Waals surface area contributed by atoms with Gasteiger partial charge in [-0.05, 0) is 42.5 Å². The van der Waals surface area contributed by atoms with Gasteiger partial charge in [0, 0.05) is 0 Å². The number of amides is 1. The Balaban J connectivity index is 1.44. The number of aromatic nitrogens is 1. The standard InChI is InChI=1S/C21H19FN4O2S/c22-15-9-3-4-10-17(15)23-19(27)12-18-20(28)24-21(29-18)26-25-16-11-5-7-13-6-1-2-8-14(13)16/h1-4,6,8-10,16,28H,5,7,11-12H2,(H,23,27). The van der Waals surface area contributed by atoms with Gasteiger partial charge < -0.3 is 10.4 Å². The van der Waals surface area contributed by atoms with Crippen molar-refractivity contribution in [2.24, 2.45) is 10.2 Å². The molecule has 1 aliphatic carbocycles. The van der Waals surface area contributed by atoms with Gasteiger partial charge in [0.25, 0.3) is 0 Å². The van der Waals surface area contributed by atoms with Crippen LogP contribution in [0.1, 0.15) is 34.9 Å². The monoisotopic (exact) mass is 410 g/mol. The molecule has 2 N–H and O–H groups in total. The fraction of sp³-hybridized carbons (Fsp3) is 0.238. The highest BCUT2D eigenvalue weighted by molar-refractivity contribution is 7.15. The summed E-state index contributed by atoms with van der Waals surface area (Å²) in [7, 11) is 0. The van der Waals surface area contributed by atoms with Gasteiger partial charge in [-0.3, -0.25) is 4.79 Å². The molecule has 0 radical (unpaired) electrons. The zero-order valence-corrected chi connectivity index (χ0v) is 16.3. The molecule has 1 heterocycles. The van der Waals surface area contributed by atoms with E-state index < -0.39 is 11.7 Å². The molecule has 8 heteroatoms. The van der Waals surface area contributed by atoms with Crippen molar-refractivity contribution in [3.63, 3.8) is 0 Å². The van der Waals surface area contributed by atoms with Crippen LogP contribution in [0, 0.1) is 5.82 Å². The summed E-state index contributed by atoms with van der Waals surface area (Å²) in [5.74, 6) is -1.22. The summed E-state index contributed by atoms with van der Waals surface area (Å²) < 4.78 is 13.7. The number of halogens is 1. The Morgan fingerprint density at radius 3 is 2.90 bits per heavy atom. The number of aromatic hydroxyl groups is 1. The summed E-state index contributed by atoms with van der Waals surface area (Å²) in [6, 6.07) is 14.1. The molecule has 0 saturated carbocycles. The first-order chi connectivity index (χ1) is 14.1. The molecule has 1 unspecified atom stereocenters. The molecule has 0 saturated heterocycles. The number of hydrogen-bond acceptors (Lipinski definition) is 6. The van der Waals surface area contributed by atoms with Crippen LogP contribution in [0.3, 0.4) is 0 Å². The van der Waals surface area contributed by atoms with E-state index in [4.69, 9.17) is 0 Å². The van der Waals surface area contributed by atoms with Gasteiger partial charge >= 0.3 is 0 Å². The van der Waals surface area contributed by atoms with Crippen molar-refractivity contribution in [3.05, 3.63) is 70.4 Å². The molecule has 1 aliphatic rings. The highest BCUT2D eigenvalue weighted by Gasteiger charge is 2.20. The second-order valence-electron chi connectivity index (χ2n) is 6.77. The largest absolute Gasteiger partial charge is 0.492 e. The highest BCUT2D eigenvalue weighted by atomic mass is 32.1. The van der Waals surface area contributed by atoms with Crippen LogP contribution in [0.5, 0.6) is 5.88 Å². The Morgan fingerprint density at radius 1 is 1.24 bits per heavy atom. The van der Waals surface area contributed by atoms with Crippen LogP contribution >= 0.6 is 11.3 Å². The summed E-state index contributed by atoms with van der Waals surface area (Å²) in [5.41, 5.74) is 2.56. The van der Waals surface area contributed by atoms with Gasteiger partial charge in [0.05, 0.1) is 23.0 Å². The number of azo groups is 1. The van der Waals surface area contributed by atoms with Crippen molar-refractivity contribution in [2.45, 2.75) is 31.7 Å². The number of benzene rings is 2. The number of fused-ring (bicyclic) bond motifs is 1. The Hall–Kier alpha value is -3.13. The van der Waals surface area contributed by atoms with E-state index in [9.17, 15) is 14.3 Å². The molecule has 29 heavy (non-hydrogen) atoms. The Kier molecular flexibility index (Phi) is 5.62. The van der Waals surface area contributed by atoms with Gasteiger partial charge in [0.2, 0.25) is 16.9 Å². The van der Waals surface area contributed by atoms with Gasteiger partial charge in [-0.15, -0.1) is 5.11 Å². The molecule has 148 valence electrons. The lowest BCUT2D eigenvalue weighted by Crippen LogP contribution is -2.14. The zero-order chi connectivity index (χ0) is 20.2. The van der Waals surface area contributed by atoms with Crippen molar-refractivity contribution >= 4 is 28.1 Å². The molecule has 4 rings (SSSR count). The Bertz CT molecular complexity index is 1070. The molecule has 0 bridgehead atoms. The van der Waals surface area contributed by atoms with Crippen LogP contribution in [0.4, 0.5) is 15.2 Å². The quantitative estimate of drug-likeness (QED) is 0.557.